The molecule has 0 unspecified atom stereocenters. The molecule has 0 aliphatic rings. The van der Waals surface area contributed by atoms with Gasteiger partial charge in [0.1, 0.15) is 11.3 Å². The number of carboxylic acid groups (broad SMARTS) is 1. The number of carboxylic acids is 1. The van der Waals surface area contributed by atoms with Crippen LogP contribution in [0.5, 0.6) is 5.75 Å². The van der Waals surface area contributed by atoms with Crippen LogP contribution in [0.2, 0.25) is 0 Å². The van der Waals surface area contributed by atoms with Crippen LogP contribution in [-0.4, -0.2) is 16.2 Å². The number of carbonyl (C=O) groups is 1. The first-order valence-corrected chi connectivity index (χ1v) is 6.12. The fourth-order valence-corrected chi connectivity index (χ4v) is 2.19. The SMILES string of the molecule is CCCCc1cc2ccccc2c(O)c1C(=O)O. The van der Waals surface area contributed by atoms with Crippen molar-refractivity contribution >= 4 is 16.7 Å². The molecule has 3 nitrogen and oxygen atoms in total. The van der Waals surface area contributed by atoms with Gasteiger partial charge in [-0.15, -0.1) is 0 Å². The van der Waals surface area contributed by atoms with E-state index in [0.29, 0.717) is 17.4 Å². The molecule has 0 aliphatic carbocycles. The summed E-state index contributed by atoms with van der Waals surface area (Å²) in [5.41, 5.74) is 0.753. The zero-order valence-corrected chi connectivity index (χ0v) is 10.3. The third-order valence-corrected chi connectivity index (χ3v) is 3.12. The van der Waals surface area contributed by atoms with Crippen LogP contribution in [0.25, 0.3) is 10.8 Å². The molecule has 2 aromatic rings. The van der Waals surface area contributed by atoms with Crippen LogP contribution in [-0.2, 0) is 6.42 Å². The van der Waals surface area contributed by atoms with Gasteiger partial charge in [-0.25, -0.2) is 4.79 Å². The molecule has 0 radical (unpaired) electrons. The minimum atomic E-state index is -1.07. The summed E-state index contributed by atoms with van der Waals surface area (Å²) in [6.07, 6.45) is 2.58. The predicted molar refractivity (Wildman–Crippen MR) is 71.2 cm³/mol. The minimum absolute atomic E-state index is 0.0437. The molecule has 2 N–H and O–H groups in total. The van der Waals surface area contributed by atoms with Crippen molar-refractivity contribution in [2.75, 3.05) is 0 Å². The van der Waals surface area contributed by atoms with Crippen molar-refractivity contribution in [3.63, 3.8) is 0 Å². The Hall–Kier alpha value is -2.03. The highest BCUT2D eigenvalue weighted by Crippen LogP contribution is 2.32. The first-order valence-electron chi connectivity index (χ1n) is 6.12. The molecule has 0 saturated heterocycles. The molecule has 3 heteroatoms. The van der Waals surface area contributed by atoms with Gasteiger partial charge in [0, 0.05) is 5.39 Å². The Morgan fingerprint density at radius 3 is 2.67 bits per heavy atom. The summed E-state index contributed by atoms with van der Waals surface area (Å²) in [5.74, 6) is -1.18. The van der Waals surface area contributed by atoms with Gasteiger partial charge in [0.2, 0.25) is 0 Å². The molecule has 0 spiro atoms. The van der Waals surface area contributed by atoms with Crippen molar-refractivity contribution in [1.82, 2.24) is 0 Å². The fourth-order valence-electron chi connectivity index (χ4n) is 2.19. The topological polar surface area (TPSA) is 57.5 Å². The lowest BCUT2D eigenvalue weighted by atomic mass is 9.96. The van der Waals surface area contributed by atoms with Gasteiger partial charge in [-0.2, -0.15) is 0 Å². The van der Waals surface area contributed by atoms with Crippen LogP contribution in [0.3, 0.4) is 0 Å². The maximum atomic E-state index is 11.3. The van der Waals surface area contributed by atoms with Gasteiger partial charge >= 0.3 is 5.97 Å². The van der Waals surface area contributed by atoms with Gasteiger partial charge in [0.05, 0.1) is 0 Å². The molecule has 0 aliphatic heterocycles. The molecular formula is C15H16O3. The zero-order valence-electron chi connectivity index (χ0n) is 10.3. The Morgan fingerprint density at radius 1 is 1.28 bits per heavy atom. The van der Waals surface area contributed by atoms with E-state index in [2.05, 4.69) is 6.92 Å². The maximum Gasteiger partial charge on any atom is 0.339 e. The second-order valence-electron chi connectivity index (χ2n) is 4.39. The smallest absolute Gasteiger partial charge is 0.339 e. The van der Waals surface area contributed by atoms with E-state index in [9.17, 15) is 15.0 Å². The number of hydrogen-bond donors (Lipinski definition) is 2. The number of phenols is 1. The predicted octanol–water partition coefficient (Wildman–Crippen LogP) is 3.59. The standard InChI is InChI=1S/C15H16O3/c1-2-3-6-11-9-10-7-4-5-8-12(10)14(16)13(11)15(17)18/h4-5,7-9,16H,2-3,6H2,1H3,(H,17,18). The average Bonchev–Trinajstić information content (AvgIpc) is 2.36. The Balaban J connectivity index is 2.67. The molecular weight excluding hydrogens is 228 g/mol. The van der Waals surface area contributed by atoms with Gasteiger partial charge in [0.15, 0.2) is 0 Å². The second kappa shape index (κ2) is 5.08. The van der Waals surface area contributed by atoms with Crippen LogP contribution < -0.4 is 0 Å². The first kappa shape index (κ1) is 12.4. The van der Waals surface area contributed by atoms with Gasteiger partial charge in [0.25, 0.3) is 0 Å². The Labute approximate surface area is 106 Å². The molecule has 0 aromatic heterocycles. The van der Waals surface area contributed by atoms with Crippen molar-refractivity contribution in [1.29, 1.82) is 0 Å². The molecule has 94 valence electrons. The normalized spacial score (nSPS) is 10.7. The fraction of sp³-hybridized carbons (Fsp3) is 0.267. The monoisotopic (exact) mass is 244 g/mol. The lowest BCUT2D eigenvalue weighted by Crippen LogP contribution is -2.03. The molecule has 0 fully saturated rings. The highest BCUT2D eigenvalue weighted by Gasteiger charge is 2.18. The Kier molecular flexibility index (Phi) is 3.51. The van der Waals surface area contributed by atoms with E-state index < -0.39 is 5.97 Å². The zero-order chi connectivity index (χ0) is 13.1. The third kappa shape index (κ3) is 2.16. The largest absolute Gasteiger partial charge is 0.506 e. The number of aromatic carboxylic acids is 1. The van der Waals surface area contributed by atoms with Crippen LogP contribution >= 0.6 is 0 Å². The lowest BCUT2D eigenvalue weighted by molar-refractivity contribution is 0.0693. The Bertz CT molecular complexity index is 588. The molecule has 2 rings (SSSR count). The molecule has 0 amide bonds. The summed E-state index contributed by atoms with van der Waals surface area (Å²) in [7, 11) is 0. The van der Waals surface area contributed by atoms with Crippen molar-refractivity contribution in [3.8, 4) is 5.75 Å². The molecule has 2 aromatic carbocycles. The maximum absolute atomic E-state index is 11.3. The summed E-state index contributed by atoms with van der Waals surface area (Å²) in [4.78, 5) is 11.3. The molecule has 0 heterocycles. The van der Waals surface area contributed by atoms with E-state index in [1.165, 1.54) is 0 Å². The van der Waals surface area contributed by atoms with E-state index >= 15 is 0 Å². The van der Waals surface area contributed by atoms with Gasteiger partial charge < -0.3 is 10.2 Å². The number of fused-ring (bicyclic) bond motifs is 1. The summed E-state index contributed by atoms with van der Waals surface area (Å²) in [6, 6.07) is 9.16. The Morgan fingerprint density at radius 2 is 2.00 bits per heavy atom. The van der Waals surface area contributed by atoms with E-state index in [0.717, 1.165) is 18.2 Å². The number of unbranched alkanes of at least 4 members (excludes halogenated alkanes) is 1. The number of aromatic hydroxyl groups is 1. The number of benzene rings is 2. The van der Waals surface area contributed by atoms with Crippen molar-refractivity contribution in [2.24, 2.45) is 0 Å². The van der Waals surface area contributed by atoms with E-state index in [-0.39, 0.29) is 11.3 Å². The van der Waals surface area contributed by atoms with Crippen LogP contribution in [0.15, 0.2) is 30.3 Å². The summed E-state index contributed by atoms with van der Waals surface area (Å²) in [6.45, 7) is 2.06. The van der Waals surface area contributed by atoms with Crippen LogP contribution in [0.4, 0.5) is 0 Å². The average molecular weight is 244 g/mol. The van der Waals surface area contributed by atoms with Crippen molar-refractivity contribution in [2.45, 2.75) is 26.2 Å². The first-order chi connectivity index (χ1) is 8.65. The van der Waals surface area contributed by atoms with Crippen molar-refractivity contribution < 1.29 is 15.0 Å². The highest BCUT2D eigenvalue weighted by molar-refractivity contribution is 6.01. The lowest BCUT2D eigenvalue weighted by Gasteiger charge is -2.11. The van der Waals surface area contributed by atoms with Crippen LogP contribution in [0, 0.1) is 0 Å². The summed E-state index contributed by atoms with van der Waals surface area (Å²) < 4.78 is 0. The number of rotatable bonds is 4. The van der Waals surface area contributed by atoms with Gasteiger partial charge in [-0.1, -0.05) is 43.7 Å². The highest BCUT2D eigenvalue weighted by atomic mass is 16.4. The van der Waals surface area contributed by atoms with E-state index in [4.69, 9.17) is 0 Å². The molecule has 18 heavy (non-hydrogen) atoms. The van der Waals surface area contributed by atoms with Gasteiger partial charge in [-0.05, 0) is 23.8 Å². The number of aryl methyl sites for hydroxylation is 1. The van der Waals surface area contributed by atoms with Crippen molar-refractivity contribution in [3.05, 3.63) is 41.5 Å². The molecule has 0 atom stereocenters. The quantitative estimate of drug-likeness (QED) is 0.864. The van der Waals surface area contributed by atoms with Gasteiger partial charge in [-0.3, -0.25) is 0 Å². The molecule has 0 bridgehead atoms. The molecule has 0 saturated carbocycles. The summed E-state index contributed by atoms with van der Waals surface area (Å²) >= 11 is 0. The van der Waals surface area contributed by atoms with E-state index in [1.54, 1.807) is 12.1 Å². The third-order valence-electron chi connectivity index (χ3n) is 3.12. The van der Waals surface area contributed by atoms with Crippen LogP contribution in [0.1, 0.15) is 35.7 Å². The minimum Gasteiger partial charge on any atom is -0.506 e. The van der Waals surface area contributed by atoms with E-state index in [1.807, 2.05) is 18.2 Å². The summed E-state index contributed by atoms with van der Waals surface area (Å²) in [5, 5.41) is 20.8. The number of hydrogen-bond acceptors (Lipinski definition) is 2. The second-order valence-corrected chi connectivity index (χ2v) is 4.39.